The van der Waals surface area contributed by atoms with Crippen LogP contribution in [-0.2, 0) is 6.42 Å². The minimum absolute atomic E-state index is 0.124. The number of rotatable bonds is 1. The monoisotopic (exact) mass is 267 g/mol. The molecule has 78 valence electrons. The van der Waals surface area contributed by atoms with E-state index in [0.717, 1.165) is 29.2 Å². The Morgan fingerprint density at radius 1 is 1.33 bits per heavy atom. The molecule has 0 saturated carbocycles. The van der Waals surface area contributed by atoms with Gasteiger partial charge in [0.25, 0.3) is 0 Å². The van der Waals surface area contributed by atoms with Crippen LogP contribution < -0.4 is 5.32 Å². The van der Waals surface area contributed by atoms with Crippen LogP contribution in [0.5, 0.6) is 0 Å². The molecule has 15 heavy (non-hydrogen) atoms. The van der Waals surface area contributed by atoms with E-state index in [0.29, 0.717) is 0 Å². The summed E-state index contributed by atoms with van der Waals surface area (Å²) in [5.41, 5.74) is 1.18. The van der Waals surface area contributed by atoms with Gasteiger partial charge in [0, 0.05) is 18.5 Å². The summed E-state index contributed by atoms with van der Waals surface area (Å²) in [6.45, 7) is 0.920. The molecule has 0 aliphatic carbocycles. The third-order valence-electron chi connectivity index (χ3n) is 2.67. The van der Waals surface area contributed by atoms with Gasteiger partial charge in [0.15, 0.2) is 4.67 Å². The molecule has 1 aliphatic heterocycles. The maximum absolute atomic E-state index is 5.56. The van der Waals surface area contributed by atoms with Gasteiger partial charge in [-0.3, -0.25) is 0 Å². The van der Waals surface area contributed by atoms with Crippen molar-refractivity contribution in [2.45, 2.75) is 12.5 Å². The Kier molecular flexibility index (Phi) is 2.18. The molecule has 3 rings (SSSR count). The van der Waals surface area contributed by atoms with E-state index < -0.39 is 0 Å². The van der Waals surface area contributed by atoms with E-state index in [2.05, 4.69) is 21.2 Å². The highest BCUT2D eigenvalue weighted by Gasteiger charge is 2.25. The SMILES string of the molecule is Brc1ccc(C2NCCc3occc32)o1. The summed E-state index contributed by atoms with van der Waals surface area (Å²) >= 11 is 3.31. The Labute approximate surface area is 95.6 Å². The Morgan fingerprint density at radius 2 is 2.27 bits per heavy atom. The average molecular weight is 268 g/mol. The van der Waals surface area contributed by atoms with Crippen molar-refractivity contribution < 1.29 is 8.83 Å². The molecule has 0 saturated heterocycles. The first-order valence-electron chi connectivity index (χ1n) is 4.89. The topological polar surface area (TPSA) is 38.3 Å². The molecule has 0 spiro atoms. The maximum atomic E-state index is 5.56. The molecular formula is C11H10BrNO2. The van der Waals surface area contributed by atoms with E-state index in [4.69, 9.17) is 8.83 Å². The van der Waals surface area contributed by atoms with Crippen LogP contribution in [0.1, 0.15) is 23.1 Å². The Balaban J connectivity index is 2.02. The first kappa shape index (κ1) is 9.24. The van der Waals surface area contributed by atoms with Gasteiger partial charge in [-0.25, -0.2) is 0 Å². The second kappa shape index (κ2) is 3.54. The van der Waals surface area contributed by atoms with Gasteiger partial charge in [0.05, 0.1) is 12.3 Å². The molecule has 2 aromatic rings. The zero-order valence-corrected chi connectivity index (χ0v) is 9.58. The van der Waals surface area contributed by atoms with Crippen molar-refractivity contribution in [3.05, 3.63) is 46.2 Å². The number of halogens is 1. The molecule has 3 nitrogen and oxygen atoms in total. The van der Waals surface area contributed by atoms with Gasteiger partial charge in [-0.15, -0.1) is 0 Å². The van der Waals surface area contributed by atoms with Crippen LogP contribution in [0.4, 0.5) is 0 Å². The van der Waals surface area contributed by atoms with Gasteiger partial charge in [-0.05, 0) is 34.1 Å². The average Bonchev–Trinajstić information content (AvgIpc) is 2.84. The van der Waals surface area contributed by atoms with E-state index in [9.17, 15) is 0 Å². The van der Waals surface area contributed by atoms with Gasteiger partial charge in [0.2, 0.25) is 0 Å². The Hall–Kier alpha value is -1.00. The molecule has 2 aromatic heterocycles. The lowest BCUT2D eigenvalue weighted by Gasteiger charge is -2.21. The highest BCUT2D eigenvalue weighted by Crippen LogP contribution is 2.31. The van der Waals surface area contributed by atoms with Crippen molar-refractivity contribution in [2.75, 3.05) is 6.54 Å². The second-order valence-electron chi connectivity index (χ2n) is 3.58. The van der Waals surface area contributed by atoms with Crippen molar-refractivity contribution in [3.8, 4) is 0 Å². The van der Waals surface area contributed by atoms with Crippen molar-refractivity contribution >= 4 is 15.9 Å². The quantitative estimate of drug-likeness (QED) is 0.864. The van der Waals surface area contributed by atoms with E-state index in [-0.39, 0.29) is 6.04 Å². The van der Waals surface area contributed by atoms with Crippen LogP contribution in [-0.4, -0.2) is 6.54 Å². The summed E-state index contributed by atoms with van der Waals surface area (Å²) in [5.74, 6) is 1.98. The van der Waals surface area contributed by atoms with E-state index in [1.165, 1.54) is 5.56 Å². The lowest BCUT2D eigenvalue weighted by Crippen LogP contribution is -2.29. The fraction of sp³-hybridized carbons (Fsp3) is 0.273. The van der Waals surface area contributed by atoms with Crippen molar-refractivity contribution in [3.63, 3.8) is 0 Å². The standard InChI is InChI=1S/C11H10BrNO2/c12-10-2-1-9(15-10)11-7-4-6-14-8(7)3-5-13-11/h1-2,4,6,11,13H,3,5H2. The molecule has 0 fully saturated rings. The summed E-state index contributed by atoms with van der Waals surface area (Å²) in [7, 11) is 0. The molecule has 1 atom stereocenters. The molecule has 1 aliphatic rings. The van der Waals surface area contributed by atoms with Crippen LogP contribution in [0.25, 0.3) is 0 Å². The summed E-state index contributed by atoms with van der Waals surface area (Å²) in [6.07, 6.45) is 2.68. The number of hydrogen-bond donors (Lipinski definition) is 1. The van der Waals surface area contributed by atoms with Gasteiger partial charge in [-0.2, -0.15) is 0 Å². The third-order valence-corrected chi connectivity index (χ3v) is 3.10. The molecule has 0 radical (unpaired) electrons. The lowest BCUT2D eigenvalue weighted by molar-refractivity contribution is 0.400. The van der Waals surface area contributed by atoms with Crippen molar-refractivity contribution in [1.29, 1.82) is 0 Å². The van der Waals surface area contributed by atoms with E-state index in [1.807, 2.05) is 18.2 Å². The van der Waals surface area contributed by atoms with Crippen LogP contribution in [0.2, 0.25) is 0 Å². The van der Waals surface area contributed by atoms with Crippen LogP contribution >= 0.6 is 15.9 Å². The highest BCUT2D eigenvalue weighted by molar-refractivity contribution is 9.10. The van der Waals surface area contributed by atoms with Crippen molar-refractivity contribution in [1.82, 2.24) is 5.32 Å². The lowest BCUT2D eigenvalue weighted by atomic mass is 10.00. The predicted octanol–water partition coefficient (Wildman–Crippen LogP) is 2.87. The number of fused-ring (bicyclic) bond motifs is 1. The van der Waals surface area contributed by atoms with Gasteiger partial charge < -0.3 is 14.2 Å². The molecule has 4 heteroatoms. The van der Waals surface area contributed by atoms with Crippen LogP contribution in [0, 0.1) is 0 Å². The Morgan fingerprint density at radius 3 is 3.07 bits per heavy atom. The zero-order chi connectivity index (χ0) is 10.3. The van der Waals surface area contributed by atoms with Crippen LogP contribution in [0.3, 0.4) is 0 Å². The first-order chi connectivity index (χ1) is 7.34. The number of nitrogens with one attached hydrogen (secondary N) is 1. The Bertz CT molecular complexity index is 474. The second-order valence-corrected chi connectivity index (χ2v) is 4.36. The fourth-order valence-corrected chi connectivity index (χ4v) is 2.31. The summed E-state index contributed by atoms with van der Waals surface area (Å²) < 4.78 is 11.7. The predicted molar refractivity (Wildman–Crippen MR) is 58.7 cm³/mol. The molecule has 1 N–H and O–H groups in total. The maximum Gasteiger partial charge on any atom is 0.169 e. The molecule has 1 unspecified atom stereocenters. The first-order valence-corrected chi connectivity index (χ1v) is 5.69. The van der Waals surface area contributed by atoms with Gasteiger partial charge >= 0.3 is 0 Å². The smallest absolute Gasteiger partial charge is 0.169 e. The largest absolute Gasteiger partial charge is 0.469 e. The minimum Gasteiger partial charge on any atom is -0.469 e. The summed E-state index contributed by atoms with van der Waals surface area (Å²) in [6, 6.07) is 6.01. The summed E-state index contributed by atoms with van der Waals surface area (Å²) in [4.78, 5) is 0. The highest BCUT2D eigenvalue weighted by atomic mass is 79.9. The molecular weight excluding hydrogens is 258 g/mol. The van der Waals surface area contributed by atoms with Crippen LogP contribution in [0.15, 0.2) is 38.0 Å². The van der Waals surface area contributed by atoms with E-state index >= 15 is 0 Å². The van der Waals surface area contributed by atoms with Crippen molar-refractivity contribution in [2.24, 2.45) is 0 Å². The number of furan rings is 2. The molecule has 3 heterocycles. The molecule has 0 aromatic carbocycles. The fourth-order valence-electron chi connectivity index (χ4n) is 1.99. The molecule has 0 bridgehead atoms. The zero-order valence-electron chi connectivity index (χ0n) is 8.00. The normalized spacial score (nSPS) is 20.2. The molecule has 0 amide bonds. The number of hydrogen-bond acceptors (Lipinski definition) is 3. The van der Waals surface area contributed by atoms with E-state index in [1.54, 1.807) is 6.26 Å². The minimum atomic E-state index is 0.124. The van der Waals surface area contributed by atoms with Gasteiger partial charge in [0.1, 0.15) is 11.5 Å². The van der Waals surface area contributed by atoms with Gasteiger partial charge in [-0.1, -0.05) is 0 Å². The third kappa shape index (κ3) is 1.54. The summed E-state index contributed by atoms with van der Waals surface area (Å²) in [5, 5.41) is 3.42.